The first-order chi connectivity index (χ1) is 14.1. The summed E-state index contributed by atoms with van der Waals surface area (Å²) in [6.45, 7) is 4.33. The lowest BCUT2D eigenvalue weighted by Crippen LogP contribution is -2.42. The lowest BCUT2D eigenvalue weighted by molar-refractivity contribution is 0.335. The molecule has 0 aromatic heterocycles. The molecule has 0 fully saturated rings. The van der Waals surface area contributed by atoms with Crippen molar-refractivity contribution in [1.29, 1.82) is 0 Å². The molecule has 0 radical (unpaired) electrons. The normalized spacial score (nSPS) is 17.7. The third kappa shape index (κ3) is 3.90. The molecule has 29 heavy (non-hydrogen) atoms. The van der Waals surface area contributed by atoms with Gasteiger partial charge in [-0.15, -0.1) is 0 Å². The second-order valence-corrected chi connectivity index (χ2v) is 8.61. The average Bonchev–Trinajstić information content (AvgIpc) is 2.75. The lowest BCUT2D eigenvalue weighted by Gasteiger charge is -2.37. The van der Waals surface area contributed by atoms with Crippen molar-refractivity contribution in [3.63, 3.8) is 0 Å². The van der Waals surface area contributed by atoms with E-state index in [1.165, 1.54) is 4.31 Å². The summed E-state index contributed by atoms with van der Waals surface area (Å²) in [4.78, 5) is 0.290. The molecule has 6 heteroatoms. The largest absolute Gasteiger partial charge is 0.490 e. The van der Waals surface area contributed by atoms with Gasteiger partial charge in [0.05, 0.1) is 5.69 Å². The smallest absolute Gasteiger partial charge is 0.247 e. The third-order valence-electron chi connectivity index (χ3n) is 4.80. The summed E-state index contributed by atoms with van der Waals surface area (Å²) in [6, 6.07) is 24.1. The summed E-state index contributed by atoms with van der Waals surface area (Å²) in [5.74, 6) is 0.710. The van der Waals surface area contributed by atoms with Crippen molar-refractivity contribution in [2.45, 2.75) is 17.6 Å². The fourth-order valence-corrected chi connectivity index (χ4v) is 5.06. The van der Waals surface area contributed by atoms with E-state index in [0.717, 1.165) is 11.1 Å². The molecule has 4 rings (SSSR count). The van der Waals surface area contributed by atoms with Crippen LogP contribution in [-0.4, -0.2) is 19.3 Å². The van der Waals surface area contributed by atoms with Crippen LogP contribution in [0.4, 0.5) is 5.69 Å². The number of rotatable bonds is 6. The number of para-hydroxylation sites is 1. The van der Waals surface area contributed by atoms with E-state index in [4.69, 9.17) is 4.74 Å². The van der Waals surface area contributed by atoms with Crippen molar-refractivity contribution in [2.75, 3.05) is 11.9 Å². The molecule has 3 aromatic rings. The Morgan fingerprint density at radius 2 is 1.66 bits per heavy atom. The second kappa shape index (κ2) is 8.11. The Balaban J connectivity index is 1.74. The molecule has 0 saturated heterocycles. The monoisotopic (exact) mass is 406 g/mol. The highest BCUT2D eigenvalue weighted by atomic mass is 32.2. The van der Waals surface area contributed by atoms with Crippen molar-refractivity contribution in [2.24, 2.45) is 0 Å². The maximum atomic E-state index is 13.5. The van der Waals surface area contributed by atoms with E-state index in [1.54, 1.807) is 24.3 Å². The van der Waals surface area contributed by atoms with Gasteiger partial charge in [0.15, 0.2) is 0 Å². The van der Waals surface area contributed by atoms with Gasteiger partial charge >= 0.3 is 0 Å². The molecule has 1 heterocycles. The molecule has 1 aliphatic heterocycles. The minimum atomic E-state index is -3.68. The number of hydrogen-bond donors (Lipinski definition) is 1. The molecular weight excluding hydrogens is 384 g/mol. The van der Waals surface area contributed by atoms with E-state index in [2.05, 4.69) is 11.9 Å². The fraction of sp³-hybridized carbons (Fsp3) is 0.130. The van der Waals surface area contributed by atoms with Crippen LogP contribution in [-0.2, 0) is 16.6 Å². The summed E-state index contributed by atoms with van der Waals surface area (Å²) in [5.41, 5.74) is 2.37. The molecule has 0 aliphatic carbocycles. The summed E-state index contributed by atoms with van der Waals surface area (Å²) in [7, 11) is -3.68. The van der Waals surface area contributed by atoms with E-state index in [-0.39, 0.29) is 11.4 Å². The van der Waals surface area contributed by atoms with Gasteiger partial charge in [-0.25, -0.2) is 8.42 Å². The Labute approximate surface area is 171 Å². The number of ether oxygens (including phenoxy) is 1. The first-order valence-corrected chi connectivity index (χ1v) is 10.8. The molecule has 1 aliphatic rings. The molecule has 0 unspecified atom stereocenters. The number of hydrogen-bond acceptors (Lipinski definition) is 4. The van der Waals surface area contributed by atoms with Crippen LogP contribution >= 0.6 is 0 Å². The van der Waals surface area contributed by atoms with Gasteiger partial charge in [0.25, 0.3) is 0 Å². The first kappa shape index (κ1) is 19.2. The van der Waals surface area contributed by atoms with E-state index >= 15 is 0 Å². The van der Waals surface area contributed by atoms with Gasteiger partial charge in [0, 0.05) is 6.54 Å². The summed E-state index contributed by atoms with van der Waals surface area (Å²) < 4.78 is 34.0. The van der Waals surface area contributed by atoms with Crippen molar-refractivity contribution in [3.05, 3.63) is 103 Å². The van der Waals surface area contributed by atoms with Gasteiger partial charge in [0.2, 0.25) is 10.0 Å². The zero-order chi connectivity index (χ0) is 20.3. The Morgan fingerprint density at radius 3 is 2.38 bits per heavy atom. The molecule has 0 bridgehead atoms. The predicted octanol–water partition coefficient (Wildman–Crippen LogP) is 4.57. The van der Waals surface area contributed by atoms with Gasteiger partial charge in [-0.2, -0.15) is 4.31 Å². The van der Waals surface area contributed by atoms with Gasteiger partial charge in [-0.3, -0.25) is 0 Å². The highest BCUT2D eigenvalue weighted by Gasteiger charge is 2.38. The predicted molar refractivity (Wildman–Crippen MR) is 114 cm³/mol. The molecule has 3 aromatic carbocycles. The van der Waals surface area contributed by atoms with Crippen LogP contribution in [0.3, 0.4) is 0 Å². The van der Waals surface area contributed by atoms with Gasteiger partial charge in [-0.1, -0.05) is 67.3 Å². The zero-order valence-corrected chi connectivity index (χ0v) is 16.7. The summed E-state index contributed by atoms with van der Waals surface area (Å²) in [5, 5.41) is 3.39. The summed E-state index contributed by atoms with van der Waals surface area (Å²) in [6.07, 6.45) is 1.16. The second-order valence-electron chi connectivity index (χ2n) is 6.75. The molecule has 1 atom stereocenters. The van der Waals surface area contributed by atoms with E-state index in [9.17, 15) is 8.42 Å². The average molecular weight is 407 g/mol. The van der Waals surface area contributed by atoms with Crippen LogP contribution in [0, 0.1) is 0 Å². The van der Waals surface area contributed by atoms with Gasteiger partial charge in [-0.05, 0) is 35.4 Å². The van der Waals surface area contributed by atoms with Crippen LogP contribution in [0.25, 0.3) is 0 Å². The first-order valence-electron chi connectivity index (χ1n) is 9.34. The van der Waals surface area contributed by atoms with Gasteiger partial charge in [0.1, 0.15) is 23.4 Å². The Morgan fingerprint density at radius 1 is 0.966 bits per heavy atom. The molecule has 0 amide bonds. The molecule has 148 valence electrons. The van der Waals surface area contributed by atoms with E-state index in [0.29, 0.717) is 18.0 Å². The maximum Gasteiger partial charge on any atom is 0.247 e. The third-order valence-corrected chi connectivity index (χ3v) is 6.67. The number of benzene rings is 3. The van der Waals surface area contributed by atoms with E-state index < -0.39 is 16.2 Å². The molecule has 5 nitrogen and oxygen atoms in total. The lowest BCUT2D eigenvalue weighted by atomic mass is 10.1. The van der Waals surface area contributed by atoms with Crippen molar-refractivity contribution < 1.29 is 13.2 Å². The number of fused-ring (bicyclic) bond motifs is 1. The Bertz CT molecular complexity index is 1100. The maximum absolute atomic E-state index is 13.5. The van der Waals surface area contributed by atoms with Crippen molar-refractivity contribution in [3.8, 4) is 5.75 Å². The molecular formula is C23H22N2O3S. The molecule has 1 N–H and O–H groups in total. The van der Waals surface area contributed by atoms with Crippen LogP contribution < -0.4 is 10.1 Å². The summed E-state index contributed by atoms with van der Waals surface area (Å²) >= 11 is 0. The fourth-order valence-electron chi connectivity index (χ4n) is 3.39. The number of sulfonamides is 1. The number of anilines is 1. The van der Waals surface area contributed by atoms with Gasteiger partial charge < -0.3 is 10.1 Å². The number of nitrogens with one attached hydrogen (secondary N) is 1. The highest BCUT2D eigenvalue weighted by Crippen LogP contribution is 2.39. The van der Waals surface area contributed by atoms with Crippen LogP contribution in [0.5, 0.6) is 5.75 Å². The minimum Gasteiger partial charge on any atom is -0.490 e. The topological polar surface area (TPSA) is 58.6 Å². The highest BCUT2D eigenvalue weighted by molar-refractivity contribution is 7.89. The SMILES string of the molecule is C=CCOc1ccc([C@H]2Nc3ccccc3S(=O)(=O)N2Cc2ccccc2)cc1. The zero-order valence-electron chi connectivity index (χ0n) is 15.9. The molecule has 0 spiro atoms. The quantitative estimate of drug-likeness (QED) is 0.610. The van der Waals surface area contributed by atoms with Crippen molar-refractivity contribution >= 4 is 15.7 Å². The number of nitrogens with zero attached hydrogens (tertiary/aromatic N) is 1. The van der Waals surface area contributed by atoms with Crippen LogP contribution in [0.15, 0.2) is 96.4 Å². The standard InChI is InChI=1S/C23H22N2O3S/c1-2-16-28-20-14-12-19(13-15-20)23-24-21-10-6-7-11-22(21)29(26,27)25(23)17-18-8-4-3-5-9-18/h2-15,23-24H,1,16-17H2/t23-/m0/s1. The minimum absolute atomic E-state index is 0.268. The molecule has 0 saturated carbocycles. The Kier molecular flexibility index (Phi) is 5.38. The van der Waals surface area contributed by atoms with Crippen molar-refractivity contribution in [1.82, 2.24) is 4.31 Å². The Hall–Kier alpha value is -3.09. The van der Waals surface area contributed by atoms with Crippen LogP contribution in [0.2, 0.25) is 0 Å². The van der Waals surface area contributed by atoms with Crippen LogP contribution in [0.1, 0.15) is 17.3 Å². The van der Waals surface area contributed by atoms with E-state index in [1.807, 2.05) is 60.7 Å².